The molecule has 0 fully saturated rings. The zero-order chi connectivity index (χ0) is 15.6. The molecule has 0 saturated carbocycles. The summed E-state index contributed by atoms with van der Waals surface area (Å²) in [5.41, 5.74) is 4.23. The van der Waals surface area contributed by atoms with E-state index in [0.717, 1.165) is 35.1 Å². The second-order valence-electron chi connectivity index (χ2n) is 5.13. The Kier molecular flexibility index (Phi) is 4.41. The lowest BCUT2D eigenvalue weighted by Crippen LogP contribution is -1.99. The second-order valence-corrected chi connectivity index (χ2v) is 5.13. The second kappa shape index (κ2) is 6.08. The van der Waals surface area contributed by atoms with Gasteiger partial charge >= 0.3 is 0 Å². The number of hydrogen-bond acceptors (Lipinski definition) is 3. The number of hydrogen-bond donors (Lipinski definition) is 3. The normalized spacial score (nSPS) is 10.8. The highest BCUT2D eigenvalue weighted by atomic mass is 16.3. The van der Waals surface area contributed by atoms with E-state index in [1.807, 2.05) is 19.9 Å². The Bertz CT molecular complexity index is 660. The molecule has 0 saturated heterocycles. The molecule has 0 unspecified atom stereocenters. The molecule has 0 radical (unpaired) electrons. The van der Waals surface area contributed by atoms with Crippen LogP contribution in [0.25, 0.3) is 11.1 Å². The maximum Gasteiger partial charge on any atom is 0.165 e. The summed E-state index contributed by atoms with van der Waals surface area (Å²) < 4.78 is 0. The molecule has 3 heteroatoms. The molecule has 2 rings (SSSR count). The third-order valence-electron chi connectivity index (χ3n) is 3.96. The quantitative estimate of drug-likeness (QED) is 0.740. The highest BCUT2D eigenvalue weighted by molar-refractivity contribution is 5.80. The van der Waals surface area contributed by atoms with Crippen LogP contribution >= 0.6 is 0 Å². The van der Waals surface area contributed by atoms with Gasteiger partial charge in [0.05, 0.1) is 0 Å². The summed E-state index contributed by atoms with van der Waals surface area (Å²) in [5, 5.41) is 30.4. The Hall–Kier alpha value is -2.16. The molecule has 0 bridgehead atoms. The monoisotopic (exact) mass is 286 g/mol. The molecule has 2 aromatic carbocycles. The van der Waals surface area contributed by atoms with Crippen molar-refractivity contribution < 1.29 is 15.3 Å². The first-order valence-corrected chi connectivity index (χ1v) is 7.42. The summed E-state index contributed by atoms with van der Waals surface area (Å²) in [6, 6.07) is 6.92. The minimum absolute atomic E-state index is 0.134. The van der Waals surface area contributed by atoms with Crippen LogP contribution in [-0.2, 0) is 19.3 Å². The molecule has 0 atom stereocenters. The van der Waals surface area contributed by atoms with Crippen LogP contribution in [-0.4, -0.2) is 15.3 Å². The van der Waals surface area contributed by atoms with Crippen molar-refractivity contribution in [1.82, 2.24) is 0 Å². The van der Waals surface area contributed by atoms with E-state index in [1.54, 1.807) is 12.1 Å². The van der Waals surface area contributed by atoms with E-state index in [4.69, 9.17) is 0 Å². The molecule has 0 aliphatic carbocycles. The van der Waals surface area contributed by atoms with E-state index < -0.39 is 0 Å². The number of rotatable bonds is 4. The van der Waals surface area contributed by atoms with Crippen molar-refractivity contribution in [2.45, 2.75) is 40.0 Å². The molecule has 0 aliphatic heterocycles. The van der Waals surface area contributed by atoms with Crippen LogP contribution in [0.2, 0.25) is 0 Å². The first-order chi connectivity index (χ1) is 10.0. The third-order valence-corrected chi connectivity index (χ3v) is 3.96. The van der Waals surface area contributed by atoms with Crippen LogP contribution < -0.4 is 0 Å². The molecule has 0 amide bonds. The maximum atomic E-state index is 10.5. The van der Waals surface area contributed by atoms with Crippen molar-refractivity contribution in [3.8, 4) is 28.4 Å². The molecular weight excluding hydrogens is 264 g/mol. The van der Waals surface area contributed by atoms with Crippen LogP contribution in [0.1, 0.15) is 37.5 Å². The zero-order valence-corrected chi connectivity index (χ0v) is 12.8. The molecule has 0 aromatic heterocycles. The van der Waals surface area contributed by atoms with Gasteiger partial charge in [0.2, 0.25) is 0 Å². The van der Waals surface area contributed by atoms with Crippen LogP contribution in [0.3, 0.4) is 0 Å². The fourth-order valence-electron chi connectivity index (χ4n) is 2.82. The first kappa shape index (κ1) is 15.2. The van der Waals surface area contributed by atoms with Gasteiger partial charge in [-0.05, 0) is 42.0 Å². The molecule has 3 N–H and O–H groups in total. The van der Waals surface area contributed by atoms with Crippen LogP contribution in [0.5, 0.6) is 17.2 Å². The topological polar surface area (TPSA) is 60.7 Å². The van der Waals surface area contributed by atoms with Crippen molar-refractivity contribution in [1.29, 1.82) is 0 Å². The lowest BCUT2D eigenvalue weighted by atomic mass is 9.87. The average molecular weight is 286 g/mol. The number of benzene rings is 2. The lowest BCUT2D eigenvalue weighted by molar-refractivity contribution is 0.405. The van der Waals surface area contributed by atoms with Crippen molar-refractivity contribution in [2.75, 3.05) is 0 Å². The smallest absolute Gasteiger partial charge is 0.165 e. The molecule has 2 aromatic rings. The van der Waals surface area contributed by atoms with Gasteiger partial charge in [-0.2, -0.15) is 0 Å². The van der Waals surface area contributed by atoms with Gasteiger partial charge in [-0.1, -0.05) is 39.0 Å². The number of aryl methyl sites for hydroxylation is 2. The molecule has 112 valence electrons. The summed E-state index contributed by atoms with van der Waals surface area (Å²) in [6.45, 7) is 6.05. The number of phenolic OH excluding ortho intramolecular Hbond substituents is 3. The Morgan fingerprint density at radius 2 is 1.48 bits per heavy atom. The van der Waals surface area contributed by atoms with Gasteiger partial charge in [-0.15, -0.1) is 0 Å². The number of aromatic hydroxyl groups is 3. The Balaban J connectivity index is 2.84. The van der Waals surface area contributed by atoms with Crippen LogP contribution in [0.4, 0.5) is 0 Å². The highest BCUT2D eigenvalue weighted by Gasteiger charge is 2.19. The molecule has 21 heavy (non-hydrogen) atoms. The Morgan fingerprint density at radius 3 is 2.05 bits per heavy atom. The molecule has 0 spiro atoms. The van der Waals surface area contributed by atoms with Crippen LogP contribution in [0, 0.1) is 0 Å². The SMILES string of the molecule is CCc1cc(CC)c(-c2cccc(O)c2O)c(CC)c1O. The van der Waals surface area contributed by atoms with Gasteiger partial charge in [0.1, 0.15) is 5.75 Å². The Morgan fingerprint density at radius 1 is 0.810 bits per heavy atom. The van der Waals surface area contributed by atoms with Gasteiger partial charge in [0.25, 0.3) is 0 Å². The summed E-state index contributed by atoms with van der Waals surface area (Å²) in [6.07, 6.45) is 2.22. The zero-order valence-electron chi connectivity index (χ0n) is 12.8. The predicted octanol–water partition coefficient (Wildman–Crippen LogP) is 4.16. The van der Waals surface area contributed by atoms with Crippen molar-refractivity contribution in [3.05, 3.63) is 41.0 Å². The van der Waals surface area contributed by atoms with Gasteiger partial charge in [-0.25, -0.2) is 0 Å². The van der Waals surface area contributed by atoms with E-state index in [9.17, 15) is 15.3 Å². The van der Waals surface area contributed by atoms with Crippen molar-refractivity contribution in [3.63, 3.8) is 0 Å². The summed E-state index contributed by atoms with van der Waals surface area (Å²) in [4.78, 5) is 0. The van der Waals surface area contributed by atoms with Gasteiger partial charge in [-0.3, -0.25) is 0 Å². The van der Waals surface area contributed by atoms with Gasteiger partial charge < -0.3 is 15.3 Å². The van der Waals surface area contributed by atoms with E-state index in [0.29, 0.717) is 17.7 Å². The molecule has 0 aliphatic rings. The third kappa shape index (κ3) is 2.56. The van der Waals surface area contributed by atoms with E-state index in [1.165, 1.54) is 6.07 Å². The largest absolute Gasteiger partial charge is 0.507 e. The summed E-state index contributed by atoms with van der Waals surface area (Å²) in [7, 11) is 0. The van der Waals surface area contributed by atoms with Crippen molar-refractivity contribution >= 4 is 0 Å². The number of phenols is 3. The van der Waals surface area contributed by atoms with Gasteiger partial charge in [0, 0.05) is 11.1 Å². The van der Waals surface area contributed by atoms with Crippen LogP contribution in [0.15, 0.2) is 24.3 Å². The van der Waals surface area contributed by atoms with E-state index in [-0.39, 0.29) is 11.5 Å². The van der Waals surface area contributed by atoms with E-state index >= 15 is 0 Å². The predicted molar refractivity (Wildman–Crippen MR) is 85.0 cm³/mol. The van der Waals surface area contributed by atoms with Crippen molar-refractivity contribution in [2.24, 2.45) is 0 Å². The first-order valence-electron chi connectivity index (χ1n) is 7.42. The summed E-state index contributed by atoms with van der Waals surface area (Å²) in [5.74, 6) is 0.0242. The molecular formula is C18H22O3. The fraction of sp³-hybridized carbons (Fsp3) is 0.333. The fourth-order valence-corrected chi connectivity index (χ4v) is 2.82. The van der Waals surface area contributed by atoms with Gasteiger partial charge in [0.15, 0.2) is 11.5 Å². The number of para-hydroxylation sites is 1. The standard InChI is InChI=1S/C18H22O3/c1-4-11-10-12(5-2)17(20)13(6-3)16(11)14-8-7-9-15(19)18(14)21/h7-10,19-21H,4-6H2,1-3H3. The Labute approximate surface area is 125 Å². The minimum atomic E-state index is -0.143. The molecule has 0 heterocycles. The average Bonchev–Trinajstić information content (AvgIpc) is 2.49. The molecule has 3 nitrogen and oxygen atoms in total. The minimum Gasteiger partial charge on any atom is -0.507 e. The maximum absolute atomic E-state index is 10.5. The van der Waals surface area contributed by atoms with E-state index in [2.05, 4.69) is 6.92 Å². The summed E-state index contributed by atoms with van der Waals surface area (Å²) >= 11 is 0. The highest BCUT2D eigenvalue weighted by Crippen LogP contribution is 2.43. The lowest BCUT2D eigenvalue weighted by Gasteiger charge is -2.19.